The summed E-state index contributed by atoms with van der Waals surface area (Å²) in [6, 6.07) is 4.20. The number of hydrogen-bond acceptors (Lipinski definition) is 4. The Kier molecular flexibility index (Phi) is 4.32. The van der Waals surface area contributed by atoms with Crippen LogP contribution in [0, 0.1) is 5.82 Å². The number of carbonyl (C=O) groups excluding carboxylic acids is 1. The van der Waals surface area contributed by atoms with Gasteiger partial charge in [-0.1, -0.05) is 0 Å². The molecule has 4 nitrogen and oxygen atoms in total. The van der Waals surface area contributed by atoms with Gasteiger partial charge >= 0.3 is 5.97 Å². The van der Waals surface area contributed by atoms with Gasteiger partial charge in [-0.05, 0) is 76.5 Å². The maximum absolute atomic E-state index is 15.1. The van der Waals surface area contributed by atoms with E-state index in [-0.39, 0.29) is 11.8 Å². The lowest BCUT2D eigenvalue weighted by Gasteiger charge is -2.34. The monoisotopic (exact) mass is 346 g/mol. The van der Waals surface area contributed by atoms with Crippen LogP contribution in [-0.2, 0) is 10.3 Å². The zero-order chi connectivity index (χ0) is 17.6. The van der Waals surface area contributed by atoms with Gasteiger partial charge in [0.2, 0.25) is 0 Å². The standard InChI is InChI=1S/C20H27FN2O2/c1-23(2)15-5-3-13(4-6-15)14-11-16-18(17(21)12-14)20(25-19(16)24)7-9-22-10-8-20/h11-13,15,22H,3-10H2,1-2H3. The van der Waals surface area contributed by atoms with Gasteiger partial charge in [0.1, 0.15) is 11.4 Å². The summed E-state index contributed by atoms with van der Waals surface area (Å²) in [6.45, 7) is 1.50. The predicted octanol–water partition coefficient (Wildman–Crippen LogP) is 3.16. The molecule has 0 unspecified atom stereocenters. The predicted molar refractivity (Wildman–Crippen MR) is 94.3 cm³/mol. The number of fused-ring (bicyclic) bond motifs is 2. The molecule has 1 aromatic carbocycles. The van der Waals surface area contributed by atoms with Gasteiger partial charge in [0.25, 0.3) is 0 Å². The maximum atomic E-state index is 15.1. The van der Waals surface area contributed by atoms with E-state index in [1.165, 1.54) is 0 Å². The van der Waals surface area contributed by atoms with Crippen LogP contribution in [0.1, 0.15) is 65.9 Å². The zero-order valence-corrected chi connectivity index (χ0v) is 15.1. The summed E-state index contributed by atoms with van der Waals surface area (Å²) in [7, 11) is 4.24. The minimum Gasteiger partial charge on any atom is -0.450 e. The fourth-order valence-electron chi connectivity index (χ4n) is 4.88. The maximum Gasteiger partial charge on any atom is 0.339 e. The molecule has 1 spiro atoms. The van der Waals surface area contributed by atoms with E-state index in [0.717, 1.165) is 44.3 Å². The Hall–Kier alpha value is -1.46. The summed E-state index contributed by atoms with van der Waals surface area (Å²) in [4.78, 5) is 14.7. The largest absolute Gasteiger partial charge is 0.450 e. The van der Waals surface area contributed by atoms with E-state index in [1.807, 2.05) is 6.07 Å². The summed E-state index contributed by atoms with van der Waals surface area (Å²) in [5.41, 5.74) is 1.19. The van der Waals surface area contributed by atoms with Crippen molar-refractivity contribution in [2.45, 2.75) is 56.1 Å². The van der Waals surface area contributed by atoms with E-state index in [2.05, 4.69) is 24.3 Å². The van der Waals surface area contributed by atoms with Crippen molar-refractivity contribution in [2.75, 3.05) is 27.2 Å². The van der Waals surface area contributed by atoms with Crippen LogP contribution in [0.25, 0.3) is 0 Å². The Morgan fingerprint density at radius 3 is 2.48 bits per heavy atom. The molecule has 0 atom stereocenters. The topological polar surface area (TPSA) is 41.6 Å². The van der Waals surface area contributed by atoms with Gasteiger partial charge in [0.05, 0.1) is 5.56 Å². The molecule has 0 radical (unpaired) electrons. The number of nitrogens with zero attached hydrogens (tertiary/aromatic N) is 1. The van der Waals surface area contributed by atoms with Crippen molar-refractivity contribution in [2.24, 2.45) is 0 Å². The van der Waals surface area contributed by atoms with Gasteiger partial charge in [-0.25, -0.2) is 9.18 Å². The molecule has 25 heavy (non-hydrogen) atoms. The van der Waals surface area contributed by atoms with Gasteiger partial charge in [-0.2, -0.15) is 0 Å². The van der Waals surface area contributed by atoms with Gasteiger partial charge in [-0.3, -0.25) is 0 Å². The summed E-state index contributed by atoms with van der Waals surface area (Å²) in [6.07, 6.45) is 5.63. The lowest BCUT2D eigenvalue weighted by molar-refractivity contribution is -0.0255. The number of ether oxygens (including phenoxy) is 1. The van der Waals surface area contributed by atoms with Crippen LogP contribution in [0.15, 0.2) is 12.1 Å². The van der Waals surface area contributed by atoms with E-state index in [1.54, 1.807) is 6.07 Å². The molecule has 1 aliphatic carbocycles. The number of halogens is 1. The molecule has 1 aromatic rings. The highest BCUT2D eigenvalue weighted by atomic mass is 19.1. The van der Waals surface area contributed by atoms with Crippen molar-refractivity contribution in [3.05, 3.63) is 34.6 Å². The fraction of sp³-hybridized carbons (Fsp3) is 0.650. The number of piperidine rings is 1. The Bertz CT molecular complexity index is 675. The molecule has 5 heteroatoms. The van der Waals surface area contributed by atoms with E-state index in [9.17, 15) is 4.79 Å². The third-order valence-electron chi connectivity index (χ3n) is 6.39. The molecule has 1 saturated carbocycles. The van der Waals surface area contributed by atoms with Crippen LogP contribution in [0.5, 0.6) is 0 Å². The van der Waals surface area contributed by atoms with Crippen molar-refractivity contribution in [3.63, 3.8) is 0 Å². The average molecular weight is 346 g/mol. The number of nitrogens with one attached hydrogen (secondary N) is 1. The summed E-state index contributed by atoms with van der Waals surface area (Å²) < 4.78 is 20.8. The molecule has 2 fully saturated rings. The van der Waals surface area contributed by atoms with Crippen LogP contribution < -0.4 is 5.32 Å². The first-order valence-electron chi connectivity index (χ1n) is 9.44. The van der Waals surface area contributed by atoms with E-state index in [4.69, 9.17) is 4.74 Å². The molecule has 1 saturated heterocycles. The molecule has 2 heterocycles. The highest BCUT2D eigenvalue weighted by Gasteiger charge is 2.48. The van der Waals surface area contributed by atoms with Crippen LogP contribution in [-0.4, -0.2) is 44.1 Å². The van der Waals surface area contributed by atoms with E-state index >= 15 is 4.39 Å². The first kappa shape index (κ1) is 17.0. The number of hydrogen-bond donors (Lipinski definition) is 1. The minimum atomic E-state index is -0.747. The SMILES string of the molecule is CN(C)C1CCC(c2cc(F)c3c(c2)C(=O)OC32CCNCC2)CC1. The number of benzene rings is 1. The molecular formula is C20H27FN2O2. The van der Waals surface area contributed by atoms with Crippen LogP contribution in [0.2, 0.25) is 0 Å². The lowest BCUT2D eigenvalue weighted by atomic mass is 9.78. The van der Waals surface area contributed by atoms with Crippen molar-refractivity contribution in [1.29, 1.82) is 0 Å². The molecule has 0 aromatic heterocycles. The summed E-state index contributed by atoms with van der Waals surface area (Å²) >= 11 is 0. The Balaban J connectivity index is 1.62. The van der Waals surface area contributed by atoms with Gasteiger partial charge < -0.3 is 15.0 Å². The Morgan fingerprint density at radius 2 is 1.84 bits per heavy atom. The van der Waals surface area contributed by atoms with Crippen molar-refractivity contribution in [1.82, 2.24) is 10.2 Å². The number of esters is 1. The van der Waals surface area contributed by atoms with Gasteiger partial charge in [-0.15, -0.1) is 0 Å². The Labute approximate surface area is 148 Å². The second kappa shape index (κ2) is 6.36. The molecule has 4 rings (SSSR count). The van der Waals surface area contributed by atoms with Crippen LogP contribution in [0.4, 0.5) is 4.39 Å². The highest BCUT2D eigenvalue weighted by molar-refractivity contribution is 5.95. The quantitative estimate of drug-likeness (QED) is 0.835. The molecule has 2 aliphatic heterocycles. The number of carbonyl (C=O) groups is 1. The Morgan fingerprint density at radius 1 is 1.16 bits per heavy atom. The van der Waals surface area contributed by atoms with Crippen LogP contribution >= 0.6 is 0 Å². The molecular weight excluding hydrogens is 319 g/mol. The van der Waals surface area contributed by atoms with E-state index in [0.29, 0.717) is 35.9 Å². The molecule has 3 aliphatic rings. The van der Waals surface area contributed by atoms with Crippen molar-refractivity contribution >= 4 is 5.97 Å². The fourth-order valence-corrected chi connectivity index (χ4v) is 4.88. The summed E-state index contributed by atoms with van der Waals surface area (Å²) in [5, 5.41) is 3.26. The van der Waals surface area contributed by atoms with Gasteiger partial charge in [0.15, 0.2) is 0 Å². The molecule has 0 amide bonds. The average Bonchev–Trinajstić information content (AvgIpc) is 2.87. The highest BCUT2D eigenvalue weighted by Crippen LogP contribution is 2.46. The van der Waals surface area contributed by atoms with Gasteiger partial charge in [0, 0.05) is 24.4 Å². The number of rotatable bonds is 2. The molecule has 0 bridgehead atoms. The zero-order valence-electron chi connectivity index (χ0n) is 15.1. The third-order valence-corrected chi connectivity index (χ3v) is 6.39. The first-order chi connectivity index (χ1) is 12.0. The minimum absolute atomic E-state index is 0.255. The van der Waals surface area contributed by atoms with Crippen LogP contribution in [0.3, 0.4) is 0 Å². The lowest BCUT2D eigenvalue weighted by Crippen LogP contribution is -2.40. The molecule has 136 valence electrons. The third kappa shape index (κ3) is 2.87. The van der Waals surface area contributed by atoms with Crippen molar-refractivity contribution < 1.29 is 13.9 Å². The second-order valence-electron chi connectivity index (χ2n) is 8.03. The normalized spacial score (nSPS) is 28.2. The van der Waals surface area contributed by atoms with E-state index < -0.39 is 5.60 Å². The first-order valence-corrected chi connectivity index (χ1v) is 9.44. The second-order valence-corrected chi connectivity index (χ2v) is 8.03. The summed E-state index contributed by atoms with van der Waals surface area (Å²) in [5.74, 6) is -0.261. The van der Waals surface area contributed by atoms with Crippen molar-refractivity contribution in [3.8, 4) is 0 Å². The molecule has 1 N–H and O–H groups in total. The smallest absolute Gasteiger partial charge is 0.339 e.